The highest BCUT2D eigenvalue weighted by Crippen LogP contribution is 2.30. The van der Waals surface area contributed by atoms with Crippen molar-refractivity contribution in [3.8, 4) is 0 Å². The van der Waals surface area contributed by atoms with Crippen molar-refractivity contribution in [1.29, 1.82) is 0 Å². The molecule has 1 aliphatic carbocycles. The predicted octanol–water partition coefficient (Wildman–Crippen LogP) is 1.52. The van der Waals surface area contributed by atoms with E-state index in [0.29, 0.717) is 12.6 Å². The molecule has 0 spiro atoms. The van der Waals surface area contributed by atoms with Crippen LogP contribution < -0.4 is 5.32 Å². The Kier molecular flexibility index (Phi) is 2.68. The Labute approximate surface area is 99.8 Å². The van der Waals surface area contributed by atoms with Gasteiger partial charge in [0.1, 0.15) is 0 Å². The fourth-order valence-electron chi connectivity index (χ4n) is 2.56. The van der Waals surface area contributed by atoms with Gasteiger partial charge in [-0.2, -0.15) is 4.98 Å². The molecule has 0 fully saturated rings. The second-order valence-corrected chi connectivity index (χ2v) is 4.49. The van der Waals surface area contributed by atoms with Gasteiger partial charge in [0, 0.05) is 18.4 Å². The van der Waals surface area contributed by atoms with Crippen LogP contribution in [0.25, 0.3) is 0 Å². The van der Waals surface area contributed by atoms with Crippen LogP contribution in [0.4, 0.5) is 0 Å². The van der Waals surface area contributed by atoms with Gasteiger partial charge < -0.3 is 14.4 Å². The zero-order valence-electron chi connectivity index (χ0n) is 9.89. The fourth-order valence-corrected chi connectivity index (χ4v) is 2.56. The highest BCUT2D eigenvalue weighted by atomic mass is 16.5. The Bertz CT molecular complexity index is 489. The molecular formula is C12H16N4O. The molecule has 2 heterocycles. The molecule has 5 nitrogen and oxygen atoms in total. The standard InChI is InChI=1S/C12H16N4O/c1-13-11-4-2-3-9-5-16(6-10(9)11)7-12-14-8-17-15-12/h5-6,8,11,13H,2-4,7H2,1H3. The molecule has 3 rings (SSSR count). The molecule has 2 aromatic rings. The maximum absolute atomic E-state index is 4.74. The Morgan fingerprint density at radius 1 is 1.53 bits per heavy atom. The van der Waals surface area contributed by atoms with Gasteiger partial charge >= 0.3 is 0 Å². The maximum Gasteiger partial charge on any atom is 0.213 e. The summed E-state index contributed by atoms with van der Waals surface area (Å²) in [5, 5.41) is 7.20. The number of nitrogens with zero attached hydrogens (tertiary/aromatic N) is 3. The largest absolute Gasteiger partial charge is 0.346 e. The minimum Gasteiger partial charge on any atom is -0.346 e. The third-order valence-corrected chi connectivity index (χ3v) is 3.39. The van der Waals surface area contributed by atoms with E-state index in [1.54, 1.807) is 0 Å². The van der Waals surface area contributed by atoms with Gasteiger partial charge in [-0.25, -0.2) is 0 Å². The molecule has 1 aliphatic rings. The van der Waals surface area contributed by atoms with Crippen LogP contribution in [0.15, 0.2) is 23.3 Å². The molecule has 2 aromatic heterocycles. The topological polar surface area (TPSA) is 55.9 Å². The van der Waals surface area contributed by atoms with Gasteiger partial charge in [0.05, 0.1) is 6.54 Å². The second kappa shape index (κ2) is 4.33. The van der Waals surface area contributed by atoms with Crippen LogP contribution in [0, 0.1) is 0 Å². The number of hydrogen-bond acceptors (Lipinski definition) is 4. The minimum atomic E-state index is 0.491. The summed E-state index contributed by atoms with van der Waals surface area (Å²) in [5.74, 6) is 0.721. The lowest BCUT2D eigenvalue weighted by Gasteiger charge is -2.21. The summed E-state index contributed by atoms with van der Waals surface area (Å²) in [4.78, 5) is 4.04. The Morgan fingerprint density at radius 3 is 3.24 bits per heavy atom. The molecule has 17 heavy (non-hydrogen) atoms. The highest BCUT2D eigenvalue weighted by Gasteiger charge is 2.20. The van der Waals surface area contributed by atoms with E-state index in [9.17, 15) is 0 Å². The van der Waals surface area contributed by atoms with Gasteiger partial charge in [-0.3, -0.25) is 0 Å². The van der Waals surface area contributed by atoms with E-state index in [2.05, 4.69) is 32.4 Å². The van der Waals surface area contributed by atoms with Gasteiger partial charge in [-0.15, -0.1) is 0 Å². The average Bonchev–Trinajstić information content (AvgIpc) is 2.97. The predicted molar refractivity (Wildman–Crippen MR) is 62.6 cm³/mol. The molecule has 0 amide bonds. The fraction of sp³-hybridized carbons (Fsp3) is 0.500. The Hall–Kier alpha value is -1.62. The molecule has 5 heteroatoms. The number of hydrogen-bond donors (Lipinski definition) is 1. The summed E-state index contributed by atoms with van der Waals surface area (Å²) in [6, 6.07) is 0.491. The summed E-state index contributed by atoms with van der Waals surface area (Å²) in [6.45, 7) is 0.680. The van der Waals surface area contributed by atoms with Crippen LogP contribution in [0.2, 0.25) is 0 Å². The van der Waals surface area contributed by atoms with E-state index in [1.807, 2.05) is 7.05 Å². The van der Waals surface area contributed by atoms with Crippen LogP contribution in [-0.4, -0.2) is 21.8 Å². The summed E-state index contributed by atoms with van der Waals surface area (Å²) in [7, 11) is 2.02. The number of fused-ring (bicyclic) bond motifs is 1. The summed E-state index contributed by atoms with van der Waals surface area (Å²) >= 11 is 0. The lowest BCUT2D eigenvalue weighted by atomic mass is 9.91. The van der Waals surface area contributed by atoms with Crippen LogP contribution in [0.3, 0.4) is 0 Å². The molecule has 0 saturated carbocycles. The van der Waals surface area contributed by atoms with Crippen molar-refractivity contribution in [3.05, 3.63) is 35.7 Å². The van der Waals surface area contributed by atoms with Crippen molar-refractivity contribution >= 4 is 0 Å². The first-order chi connectivity index (χ1) is 8.36. The average molecular weight is 232 g/mol. The van der Waals surface area contributed by atoms with Gasteiger partial charge in [-0.1, -0.05) is 5.16 Å². The normalized spacial score (nSPS) is 19.2. The van der Waals surface area contributed by atoms with Crippen molar-refractivity contribution in [2.45, 2.75) is 31.8 Å². The Morgan fingerprint density at radius 2 is 2.47 bits per heavy atom. The van der Waals surface area contributed by atoms with Gasteiger partial charge in [0.25, 0.3) is 0 Å². The molecule has 1 atom stereocenters. The maximum atomic E-state index is 4.74. The number of aryl methyl sites for hydroxylation is 1. The monoisotopic (exact) mass is 232 g/mol. The third kappa shape index (κ3) is 1.98. The molecular weight excluding hydrogens is 216 g/mol. The first kappa shape index (κ1) is 10.5. The molecule has 0 saturated heterocycles. The van der Waals surface area contributed by atoms with Gasteiger partial charge in [0.2, 0.25) is 6.39 Å². The summed E-state index contributed by atoms with van der Waals surface area (Å²) < 4.78 is 6.89. The van der Waals surface area contributed by atoms with Crippen molar-refractivity contribution in [3.63, 3.8) is 0 Å². The lowest BCUT2D eigenvalue weighted by molar-refractivity contribution is 0.408. The molecule has 90 valence electrons. The molecule has 1 N–H and O–H groups in total. The molecule has 0 aromatic carbocycles. The quantitative estimate of drug-likeness (QED) is 0.871. The van der Waals surface area contributed by atoms with E-state index in [4.69, 9.17) is 4.52 Å². The second-order valence-electron chi connectivity index (χ2n) is 4.49. The smallest absolute Gasteiger partial charge is 0.213 e. The van der Waals surface area contributed by atoms with Crippen LogP contribution in [-0.2, 0) is 13.0 Å². The molecule has 1 unspecified atom stereocenters. The number of aromatic nitrogens is 3. The van der Waals surface area contributed by atoms with Crippen LogP contribution in [0.5, 0.6) is 0 Å². The van der Waals surface area contributed by atoms with E-state index < -0.39 is 0 Å². The lowest BCUT2D eigenvalue weighted by Crippen LogP contribution is -2.20. The summed E-state index contributed by atoms with van der Waals surface area (Å²) in [5.41, 5.74) is 2.86. The zero-order chi connectivity index (χ0) is 11.7. The zero-order valence-corrected chi connectivity index (χ0v) is 9.89. The minimum absolute atomic E-state index is 0.491. The van der Waals surface area contributed by atoms with E-state index in [1.165, 1.54) is 36.8 Å². The van der Waals surface area contributed by atoms with Crippen molar-refractivity contribution < 1.29 is 4.52 Å². The first-order valence-corrected chi connectivity index (χ1v) is 5.98. The van der Waals surface area contributed by atoms with Crippen LogP contribution >= 0.6 is 0 Å². The molecule has 0 aliphatic heterocycles. The highest BCUT2D eigenvalue weighted by molar-refractivity contribution is 5.30. The Balaban J connectivity index is 1.85. The van der Waals surface area contributed by atoms with E-state index >= 15 is 0 Å². The first-order valence-electron chi connectivity index (χ1n) is 5.98. The number of nitrogens with one attached hydrogen (secondary N) is 1. The van der Waals surface area contributed by atoms with Crippen molar-refractivity contribution in [2.24, 2.45) is 0 Å². The van der Waals surface area contributed by atoms with Gasteiger partial charge in [-0.05, 0) is 37.4 Å². The number of rotatable bonds is 3. The van der Waals surface area contributed by atoms with Crippen molar-refractivity contribution in [1.82, 2.24) is 20.0 Å². The third-order valence-electron chi connectivity index (χ3n) is 3.39. The molecule has 0 radical (unpaired) electrons. The van der Waals surface area contributed by atoms with Crippen molar-refractivity contribution in [2.75, 3.05) is 7.05 Å². The summed E-state index contributed by atoms with van der Waals surface area (Å²) in [6.07, 6.45) is 9.42. The van der Waals surface area contributed by atoms with E-state index in [-0.39, 0.29) is 0 Å². The SMILES string of the molecule is CNC1CCCc2cn(Cc3ncon3)cc21. The van der Waals surface area contributed by atoms with Gasteiger partial charge in [0.15, 0.2) is 5.82 Å². The van der Waals surface area contributed by atoms with E-state index in [0.717, 1.165) is 5.82 Å². The van der Waals surface area contributed by atoms with Crippen LogP contribution in [0.1, 0.15) is 35.8 Å². The molecule has 0 bridgehead atoms.